The summed E-state index contributed by atoms with van der Waals surface area (Å²) in [5.41, 5.74) is 0. The van der Waals surface area contributed by atoms with E-state index in [4.69, 9.17) is 16.3 Å². The van der Waals surface area contributed by atoms with Crippen molar-refractivity contribution in [3.05, 3.63) is 5.28 Å². The molecule has 116 valence electrons. The maximum Gasteiger partial charge on any atom is 0.231 e. The number of anilines is 2. The number of nitrogens with zero attached hydrogens (tertiary/aromatic N) is 4. The van der Waals surface area contributed by atoms with Gasteiger partial charge in [-0.15, -0.1) is 0 Å². The number of halogens is 1. The van der Waals surface area contributed by atoms with Crippen LogP contribution in [0.1, 0.15) is 32.6 Å². The van der Waals surface area contributed by atoms with E-state index in [2.05, 4.69) is 32.1 Å². The molecule has 0 amide bonds. The second-order valence-corrected chi connectivity index (χ2v) is 6.09. The first kappa shape index (κ1) is 14.8. The lowest BCUT2D eigenvalue weighted by Crippen LogP contribution is -2.37. The van der Waals surface area contributed by atoms with Crippen LogP contribution in [0.3, 0.4) is 0 Å². The first-order valence-corrected chi connectivity index (χ1v) is 8.13. The summed E-state index contributed by atoms with van der Waals surface area (Å²) in [6.07, 6.45) is 4.96. The van der Waals surface area contributed by atoms with Crippen LogP contribution in [0.15, 0.2) is 0 Å². The summed E-state index contributed by atoms with van der Waals surface area (Å²) in [5.74, 6) is 2.10. The number of rotatable bonds is 6. The predicted octanol–water partition coefficient (Wildman–Crippen LogP) is 2.35. The average molecular weight is 312 g/mol. The molecular formula is C14H22ClN5O. The van der Waals surface area contributed by atoms with E-state index in [-0.39, 0.29) is 5.28 Å². The zero-order valence-corrected chi connectivity index (χ0v) is 13.1. The van der Waals surface area contributed by atoms with Gasteiger partial charge in [0, 0.05) is 19.1 Å². The van der Waals surface area contributed by atoms with Gasteiger partial charge in [0.15, 0.2) is 0 Å². The lowest BCUT2D eigenvalue weighted by molar-refractivity contribution is 0.122. The molecule has 1 saturated heterocycles. The van der Waals surface area contributed by atoms with Crippen LogP contribution in [0.4, 0.5) is 11.9 Å². The minimum absolute atomic E-state index is 0.246. The molecule has 0 aromatic carbocycles. The minimum atomic E-state index is 0.246. The molecule has 6 nitrogen and oxygen atoms in total. The molecule has 1 N–H and O–H groups in total. The molecule has 1 aliphatic carbocycles. The summed E-state index contributed by atoms with van der Waals surface area (Å²) in [7, 11) is 0. The lowest BCUT2D eigenvalue weighted by atomic mass is 10.1. The number of nitrogens with one attached hydrogen (secondary N) is 1. The van der Waals surface area contributed by atoms with Crippen LogP contribution in [0.2, 0.25) is 5.28 Å². The maximum absolute atomic E-state index is 6.05. The van der Waals surface area contributed by atoms with Crippen LogP contribution in [-0.2, 0) is 4.74 Å². The van der Waals surface area contributed by atoms with E-state index >= 15 is 0 Å². The summed E-state index contributed by atoms with van der Waals surface area (Å²) >= 11 is 6.05. The molecule has 2 fully saturated rings. The molecule has 1 unspecified atom stereocenters. The highest BCUT2D eigenvalue weighted by Crippen LogP contribution is 2.34. The molecule has 2 aliphatic rings. The molecule has 1 saturated carbocycles. The summed E-state index contributed by atoms with van der Waals surface area (Å²) in [4.78, 5) is 15.1. The van der Waals surface area contributed by atoms with Crippen LogP contribution >= 0.6 is 11.6 Å². The van der Waals surface area contributed by atoms with Gasteiger partial charge in [-0.1, -0.05) is 19.8 Å². The Labute approximate surface area is 130 Å². The quantitative estimate of drug-likeness (QED) is 0.870. The first-order valence-electron chi connectivity index (χ1n) is 7.75. The number of aromatic nitrogens is 3. The molecular weight excluding hydrogens is 290 g/mol. The number of morpholine rings is 1. The van der Waals surface area contributed by atoms with Gasteiger partial charge in [0.1, 0.15) is 0 Å². The SMILES string of the molecule is CCC(CC1CC1)Nc1nc(Cl)nc(N2CCOCC2)n1. The molecule has 0 bridgehead atoms. The Hall–Kier alpha value is -1.14. The Bertz CT molecular complexity index is 476. The van der Waals surface area contributed by atoms with Crippen molar-refractivity contribution in [2.45, 2.75) is 38.6 Å². The molecule has 2 heterocycles. The van der Waals surface area contributed by atoms with Crippen LogP contribution in [0, 0.1) is 5.92 Å². The molecule has 0 spiro atoms. The fourth-order valence-electron chi connectivity index (χ4n) is 2.58. The standard InChI is InChI=1S/C14H22ClN5O/c1-2-11(9-10-3-4-10)16-13-17-12(15)18-14(19-13)20-5-7-21-8-6-20/h10-11H,2-9H2,1H3,(H,16,17,18,19). The van der Waals surface area contributed by atoms with Crippen molar-refractivity contribution in [2.75, 3.05) is 36.5 Å². The van der Waals surface area contributed by atoms with E-state index in [0.717, 1.165) is 25.4 Å². The summed E-state index contributed by atoms with van der Waals surface area (Å²) in [5, 5.41) is 3.66. The Balaban J connectivity index is 1.69. The average Bonchev–Trinajstić information content (AvgIpc) is 3.31. The van der Waals surface area contributed by atoms with Crippen molar-refractivity contribution in [1.29, 1.82) is 0 Å². The van der Waals surface area contributed by atoms with Crippen LogP contribution < -0.4 is 10.2 Å². The highest BCUT2D eigenvalue weighted by Gasteiger charge is 2.25. The Morgan fingerprint density at radius 3 is 2.71 bits per heavy atom. The molecule has 1 aromatic heterocycles. The lowest BCUT2D eigenvalue weighted by Gasteiger charge is -2.27. The second kappa shape index (κ2) is 6.75. The van der Waals surface area contributed by atoms with E-state index in [1.807, 2.05) is 0 Å². The van der Waals surface area contributed by atoms with E-state index in [1.165, 1.54) is 19.3 Å². The van der Waals surface area contributed by atoms with Crippen LogP contribution in [0.5, 0.6) is 0 Å². The van der Waals surface area contributed by atoms with Gasteiger partial charge in [0.25, 0.3) is 0 Å². The van der Waals surface area contributed by atoms with Crippen molar-refractivity contribution in [2.24, 2.45) is 5.92 Å². The van der Waals surface area contributed by atoms with Gasteiger partial charge < -0.3 is 15.0 Å². The summed E-state index contributed by atoms with van der Waals surface area (Å²) in [6.45, 7) is 5.17. The van der Waals surface area contributed by atoms with Gasteiger partial charge in [0.2, 0.25) is 17.2 Å². The smallest absolute Gasteiger partial charge is 0.231 e. The number of hydrogen-bond donors (Lipinski definition) is 1. The van der Waals surface area contributed by atoms with Crippen LogP contribution in [0.25, 0.3) is 0 Å². The third-order valence-electron chi connectivity index (χ3n) is 4.03. The zero-order chi connectivity index (χ0) is 14.7. The first-order chi connectivity index (χ1) is 10.2. The Kier molecular flexibility index (Phi) is 4.75. The van der Waals surface area contributed by atoms with Gasteiger partial charge in [-0.3, -0.25) is 0 Å². The highest BCUT2D eigenvalue weighted by molar-refractivity contribution is 6.28. The maximum atomic E-state index is 6.05. The molecule has 1 aromatic rings. The molecule has 21 heavy (non-hydrogen) atoms. The summed E-state index contributed by atoms with van der Waals surface area (Å²) < 4.78 is 5.35. The van der Waals surface area contributed by atoms with Gasteiger partial charge in [0.05, 0.1) is 13.2 Å². The van der Waals surface area contributed by atoms with Gasteiger partial charge >= 0.3 is 0 Å². The molecule has 7 heteroatoms. The molecule has 1 aliphatic heterocycles. The number of ether oxygens (including phenoxy) is 1. The van der Waals surface area contributed by atoms with E-state index in [0.29, 0.717) is 31.2 Å². The van der Waals surface area contributed by atoms with Crippen molar-refractivity contribution in [3.8, 4) is 0 Å². The Morgan fingerprint density at radius 2 is 2.05 bits per heavy atom. The van der Waals surface area contributed by atoms with Gasteiger partial charge in [-0.25, -0.2) is 0 Å². The second-order valence-electron chi connectivity index (χ2n) is 5.76. The largest absolute Gasteiger partial charge is 0.378 e. The minimum Gasteiger partial charge on any atom is -0.378 e. The third-order valence-corrected chi connectivity index (χ3v) is 4.20. The van der Waals surface area contributed by atoms with Crippen molar-refractivity contribution >= 4 is 23.5 Å². The van der Waals surface area contributed by atoms with E-state index in [9.17, 15) is 0 Å². The summed E-state index contributed by atoms with van der Waals surface area (Å²) in [6, 6.07) is 0.411. The van der Waals surface area contributed by atoms with Crippen molar-refractivity contribution in [1.82, 2.24) is 15.0 Å². The Morgan fingerprint density at radius 1 is 1.29 bits per heavy atom. The molecule has 1 atom stereocenters. The predicted molar refractivity (Wildman–Crippen MR) is 82.9 cm³/mol. The monoisotopic (exact) mass is 311 g/mol. The van der Waals surface area contributed by atoms with Crippen LogP contribution in [-0.4, -0.2) is 47.3 Å². The topological polar surface area (TPSA) is 63.2 Å². The van der Waals surface area contributed by atoms with E-state index < -0.39 is 0 Å². The fourth-order valence-corrected chi connectivity index (χ4v) is 2.73. The molecule has 0 radical (unpaired) electrons. The van der Waals surface area contributed by atoms with E-state index in [1.54, 1.807) is 0 Å². The van der Waals surface area contributed by atoms with Gasteiger partial charge in [-0.2, -0.15) is 15.0 Å². The molecule has 3 rings (SSSR count). The van der Waals surface area contributed by atoms with Crippen molar-refractivity contribution in [3.63, 3.8) is 0 Å². The highest BCUT2D eigenvalue weighted by atomic mass is 35.5. The van der Waals surface area contributed by atoms with Crippen molar-refractivity contribution < 1.29 is 4.74 Å². The number of hydrogen-bond acceptors (Lipinski definition) is 6. The third kappa shape index (κ3) is 4.17. The van der Waals surface area contributed by atoms with Gasteiger partial charge in [-0.05, 0) is 30.4 Å². The zero-order valence-electron chi connectivity index (χ0n) is 12.4. The fraction of sp³-hybridized carbons (Fsp3) is 0.786. The normalized spacial score (nSPS) is 20.4.